The molecule has 3 N–H and O–H groups in total. The number of carbonyl (C=O) groups excluding carboxylic acids is 1. The van der Waals surface area contributed by atoms with Gasteiger partial charge in [0.25, 0.3) is 11.6 Å². The molecule has 0 aromatic heterocycles. The molecule has 0 saturated heterocycles. The number of amides is 1. The SMILES string of the molecule is CC(C)C(N)CCN(C)C(=O)c1ccc(NCc2ccccc2)c([N+](=O)[O-])c1. The van der Waals surface area contributed by atoms with Crippen molar-refractivity contribution in [2.24, 2.45) is 11.7 Å². The molecule has 2 aromatic rings. The number of nitrogens with two attached hydrogens (primary N) is 1. The normalized spacial score (nSPS) is 11.9. The Morgan fingerprint density at radius 1 is 1.21 bits per heavy atom. The van der Waals surface area contributed by atoms with Crippen LogP contribution >= 0.6 is 0 Å². The van der Waals surface area contributed by atoms with Gasteiger partial charge in [0, 0.05) is 37.8 Å². The third-order valence-corrected chi connectivity index (χ3v) is 4.77. The molecule has 28 heavy (non-hydrogen) atoms. The van der Waals surface area contributed by atoms with Gasteiger partial charge in [-0.05, 0) is 30.0 Å². The van der Waals surface area contributed by atoms with E-state index in [1.165, 1.54) is 6.07 Å². The molecular formula is C21H28N4O3. The fraction of sp³-hybridized carbons (Fsp3) is 0.381. The van der Waals surface area contributed by atoms with Crippen molar-refractivity contribution < 1.29 is 9.72 Å². The minimum atomic E-state index is -0.473. The van der Waals surface area contributed by atoms with Gasteiger partial charge < -0.3 is 16.0 Å². The molecule has 0 radical (unpaired) electrons. The van der Waals surface area contributed by atoms with E-state index < -0.39 is 4.92 Å². The molecule has 1 atom stereocenters. The van der Waals surface area contributed by atoms with Crippen LogP contribution in [0.25, 0.3) is 0 Å². The van der Waals surface area contributed by atoms with Crippen molar-refractivity contribution in [2.75, 3.05) is 18.9 Å². The van der Waals surface area contributed by atoms with Crippen molar-refractivity contribution in [3.63, 3.8) is 0 Å². The Bertz CT molecular complexity index is 809. The summed E-state index contributed by atoms with van der Waals surface area (Å²) in [5.41, 5.74) is 7.60. The van der Waals surface area contributed by atoms with Gasteiger partial charge >= 0.3 is 0 Å². The van der Waals surface area contributed by atoms with Crippen molar-refractivity contribution in [2.45, 2.75) is 32.9 Å². The molecule has 0 fully saturated rings. The second kappa shape index (κ2) is 9.85. The van der Waals surface area contributed by atoms with Gasteiger partial charge in [-0.3, -0.25) is 14.9 Å². The molecule has 0 heterocycles. The van der Waals surface area contributed by atoms with Gasteiger partial charge in [-0.2, -0.15) is 0 Å². The second-order valence-corrected chi connectivity index (χ2v) is 7.25. The largest absolute Gasteiger partial charge is 0.375 e. The van der Waals surface area contributed by atoms with Gasteiger partial charge in [0.15, 0.2) is 0 Å². The molecule has 2 rings (SSSR count). The van der Waals surface area contributed by atoms with E-state index in [9.17, 15) is 14.9 Å². The first-order chi connectivity index (χ1) is 13.3. The zero-order chi connectivity index (χ0) is 20.7. The summed E-state index contributed by atoms with van der Waals surface area (Å²) < 4.78 is 0. The number of nitro groups is 1. The van der Waals surface area contributed by atoms with Crippen LogP contribution in [0, 0.1) is 16.0 Å². The number of anilines is 1. The number of nitrogens with one attached hydrogen (secondary N) is 1. The van der Waals surface area contributed by atoms with Gasteiger partial charge in [0.2, 0.25) is 0 Å². The Morgan fingerprint density at radius 2 is 1.89 bits per heavy atom. The topological polar surface area (TPSA) is 102 Å². The van der Waals surface area contributed by atoms with Crippen LogP contribution in [0.3, 0.4) is 0 Å². The summed E-state index contributed by atoms with van der Waals surface area (Å²) in [6, 6.07) is 14.1. The predicted octanol–water partition coefficient (Wildman–Crippen LogP) is 3.65. The van der Waals surface area contributed by atoms with E-state index in [1.54, 1.807) is 24.1 Å². The number of nitro benzene ring substituents is 1. The van der Waals surface area contributed by atoms with E-state index in [0.29, 0.717) is 31.1 Å². The average Bonchev–Trinajstić information content (AvgIpc) is 2.70. The van der Waals surface area contributed by atoms with Crippen molar-refractivity contribution in [3.05, 3.63) is 69.8 Å². The molecule has 0 aliphatic heterocycles. The minimum absolute atomic E-state index is 0.00847. The summed E-state index contributed by atoms with van der Waals surface area (Å²) in [4.78, 5) is 25.2. The number of carbonyl (C=O) groups is 1. The van der Waals surface area contributed by atoms with Crippen LogP contribution in [0.15, 0.2) is 48.5 Å². The maximum absolute atomic E-state index is 12.6. The highest BCUT2D eigenvalue weighted by molar-refractivity contribution is 5.95. The van der Waals surface area contributed by atoms with Gasteiger partial charge in [-0.25, -0.2) is 0 Å². The molecule has 0 saturated carbocycles. The number of nitrogens with zero attached hydrogens (tertiary/aromatic N) is 2. The minimum Gasteiger partial charge on any atom is -0.375 e. The van der Waals surface area contributed by atoms with Crippen molar-refractivity contribution in [3.8, 4) is 0 Å². The van der Waals surface area contributed by atoms with E-state index in [2.05, 4.69) is 5.32 Å². The number of hydrogen-bond acceptors (Lipinski definition) is 5. The Labute approximate surface area is 165 Å². The summed E-state index contributed by atoms with van der Waals surface area (Å²) in [7, 11) is 1.68. The smallest absolute Gasteiger partial charge is 0.293 e. The molecule has 1 amide bonds. The van der Waals surface area contributed by atoms with E-state index in [0.717, 1.165) is 5.56 Å². The van der Waals surface area contributed by atoms with E-state index in [1.807, 2.05) is 44.2 Å². The lowest BCUT2D eigenvalue weighted by atomic mass is 10.0. The van der Waals surface area contributed by atoms with Crippen LogP contribution in [0.2, 0.25) is 0 Å². The third kappa shape index (κ3) is 5.79. The number of hydrogen-bond donors (Lipinski definition) is 2. The maximum Gasteiger partial charge on any atom is 0.293 e. The summed E-state index contributed by atoms with van der Waals surface area (Å²) in [6.07, 6.45) is 0.679. The average molecular weight is 384 g/mol. The standard InChI is InChI=1S/C21H28N4O3/c1-15(2)18(22)11-12-24(3)21(26)17-9-10-19(20(13-17)25(27)28)23-14-16-7-5-4-6-8-16/h4-10,13,15,18,23H,11-12,14,22H2,1-3H3. The highest BCUT2D eigenvalue weighted by Crippen LogP contribution is 2.26. The van der Waals surface area contributed by atoms with E-state index >= 15 is 0 Å². The van der Waals surface area contributed by atoms with Crippen LogP contribution in [0.1, 0.15) is 36.2 Å². The van der Waals surface area contributed by atoms with Crippen molar-refractivity contribution in [1.82, 2.24) is 4.90 Å². The van der Waals surface area contributed by atoms with Crippen molar-refractivity contribution in [1.29, 1.82) is 0 Å². The predicted molar refractivity (Wildman–Crippen MR) is 111 cm³/mol. The van der Waals surface area contributed by atoms with E-state index in [-0.39, 0.29) is 23.2 Å². The Balaban J connectivity index is 2.10. The summed E-state index contributed by atoms with van der Waals surface area (Å²) in [5.74, 6) is 0.0771. The second-order valence-electron chi connectivity index (χ2n) is 7.25. The zero-order valence-electron chi connectivity index (χ0n) is 16.6. The molecule has 150 valence electrons. The van der Waals surface area contributed by atoms with Gasteiger partial charge in [0.05, 0.1) is 4.92 Å². The van der Waals surface area contributed by atoms with Gasteiger partial charge in [-0.1, -0.05) is 44.2 Å². The molecule has 7 nitrogen and oxygen atoms in total. The summed E-state index contributed by atoms with van der Waals surface area (Å²) in [5, 5.41) is 14.6. The van der Waals surface area contributed by atoms with Crippen LogP contribution < -0.4 is 11.1 Å². The molecule has 1 unspecified atom stereocenters. The number of rotatable bonds is 9. The van der Waals surface area contributed by atoms with Gasteiger partial charge in [0.1, 0.15) is 5.69 Å². The molecule has 0 aliphatic rings. The fourth-order valence-corrected chi connectivity index (χ4v) is 2.76. The molecule has 2 aromatic carbocycles. The maximum atomic E-state index is 12.6. The van der Waals surface area contributed by atoms with Crippen LogP contribution in [-0.4, -0.2) is 35.4 Å². The number of benzene rings is 2. The molecule has 0 spiro atoms. The Morgan fingerprint density at radius 3 is 2.50 bits per heavy atom. The fourth-order valence-electron chi connectivity index (χ4n) is 2.76. The highest BCUT2D eigenvalue weighted by atomic mass is 16.6. The Kier molecular flexibility index (Phi) is 7.52. The first kappa shape index (κ1) is 21.4. The molecule has 0 aliphatic carbocycles. The third-order valence-electron chi connectivity index (χ3n) is 4.77. The molecule has 7 heteroatoms. The first-order valence-corrected chi connectivity index (χ1v) is 9.37. The summed E-state index contributed by atoms with van der Waals surface area (Å²) in [6.45, 7) is 5.04. The van der Waals surface area contributed by atoms with Crippen LogP contribution in [-0.2, 0) is 6.54 Å². The quantitative estimate of drug-likeness (QED) is 0.507. The Hall–Kier alpha value is -2.93. The zero-order valence-corrected chi connectivity index (χ0v) is 16.6. The molecule has 0 bridgehead atoms. The molecular weight excluding hydrogens is 356 g/mol. The summed E-state index contributed by atoms with van der Waals surface area (Å²) >= 11 is 0. The lowest BCUT2D eigenvalue weighted by Gasteiger charge is -2.21. The highest BCUT2D eigenvalue weighted by Gasteiger charge is 2.20. The van der Waals surface area contributed by atoms with Crippen LogP contribution in [0.5, 0.6) is 0 Å². The van der Waals surface area contributed by atoms with E-state index in [4.69, 9.17) is 5.73 Å². The van der Waals surface area contributed by atoms with Crippen LogP contribution in [0.4, 0.5) is 11.4 Å². The lowest BCUT2D eigenvalue weighted by molar-refractivity contribution is -0.384. The first-order valence-electron chi connectivity index (χ1n) is 9.37. The van der Waals surface area contributed by atoms with Crippen molar-refractivity contribution >= 4 is 17.3 Å². The lowest BCUT2D eigenvalue weighted by Crippen LogP contribution is -2.34. The van der Waals surface area contributed by atoms with Gasteiger partial charge in [-0.15, -0.1) is 0 Å². The monoisotopic (exact) mass is 384 g/mol.